The molecular formula is C6H4Br2F2N2O2S. The lowest BCUT2D eigenvalue weighted by Gasteiger charge is -2.06. The fourth-order valence-corrected chi connectivity index (χ4v) is 3.06. The minimum Gasteiger partial charge on any atom is -0.232 e. The van der Waals surface area contributed by atoms with E-state index in [4.69, 9.17) is 5.14 Å². The van der Waals surface area contributed by atoms with Crippen molar-refractivity contribution >= 4 is 41.9 Å². The van der Waals surface area contributed by atoms with Crippen LogP contribution in [0.1, 0.15) is 12.0 Å². The molecule has 0 fully saturated rings. The topological polar surface area (TPSA) is 73.1 Å². The molecule has 0 aliphatic rings. The van der Waals surface area contributed by atoms with E-state index in [1.165, 1.54) is 0 Å². The van der Waals surface area contributed by atoms with E-state index in [-0.39, 0.29) is 9.21 Å². The Hall–Kier alpha value is -0.120. The third-order valence-corrected chi connectivity index (χ3v) is 3.89. The number of sulfonamides is 1. The van der Waals surface area contributed by atoms with Crippen molar-refractivity contribution in [1.82, 2.24) is 4.98 Å². The Bertz CT molecular complexity index is 492. The first-order chi connectivity index (χ1) is 6.73. The number of primary sulfonamides is 1. The fraction of sp³-hybridized carbons (Fsp3) is 0.167. The van der Waals surface area contributed by atoms with Gasteiger partial charge in [-0.1, -0.05) is 0 Å². The molecule has 1 aromatic rings. The highest BCUT2D eigenvalue weighted by molar-refractivity contribution is 9.11. The van der Waals surface area contributed by atoms with Crippen molar-refractivity contribution in [2.45, 2.75) is 11.3 Å². The van der Waals surface area contributed by atoms with Crippen LogP contribution in [0.15, 0.2) is 20.2 Å². The highest BCUT2D eigenvalue weighted by Gasteiger charge is 2.21. The summed E-state index contributed by atoms with van der Waals surface area (Å²) >= 11 is 5.61. The van der Waals surface area contributed by atoms with Crippen LogP contribution in [0.4, 0.5) is 8.78 Å². The maximum atomic E-state index is 12.4. The number of pyridine rings is 1. The SMILES string of the molecule is NS(=O)(=O)c1cc(C(F)F)c(Br)nc1Br. The quantitative estimate of drug-likeness (QED) is 0.816. The van der Waals surface area contributed by atoms with Gasteiger partial charge in [-0.15, -0.1) is 0 Å². The lowest BCUT2D eigenvalue weighted by Crippen LogP contribution is -2.14. The molecule has 0 aliphatic carbocycles. The molecule has 15 heavy (non-hydrogen) atoms. The van der Waals surface area contributed by atoms with Gasteiger partial charge < -0.3 is 0 Å². The first kappa shape index (κ1) is 12.9. The van der Waals surface area contributed by atoms with Gasteiger partial charge in [0.25, 0.3) is 6.43 Å². The third kappa shape index (κ3) is 2.92. The fourth-order valence-electron chi connectivity index (χ4n) is 0.819. The van der Waals surface area contributed by atoms with Gasteiger partial charge in [0, 0.05) is 0 Å². The Morgan fingerprint density at radius 2 is 1.87 bits per heavy atom. The highest BCUT2D eigenvalue weighted by Crippen LogP contribution is 2.31. The summed E-state index contributed by atoms with van der Waals surface area (Å²) in [5.41, 5.74) is -0.526. The Kier molecular flexibility index (Phi) is 3.80. The standard InChI is InChI=1S/C6H4Br2F2N2O2S/c7-4-2(6(9)10)1-3(5(8)12-4)15(11,13)14/h1,6H,(H2,11,13,14). The number of halogens is 4. The van der Waals surface area contributed by atoms with Crippen LogP contribution in [0.3, 0.4) is 0 Å². The van der Waals surface area contributed by atoms with Crippen LogP contribution in [0.25, 0.3) is 0 Å². The van der Waals surface area contributed by atoms with E-state index in [2.05, 4.69) is 36.8 Å². The second kappa shape index (κ2) is 4.40. The van der Waals surface area contributed by atoms with Crippen LogP contribution in [-0.4, -0.2) is 13.4 Å². The normalized spacial score (nSPS) is 12.1. The summed E-state index contributed by atoms with van der Waals surface area (Å²) in [5, 5.41) is 4.82. The first-order valence-corrected chi connectivity index (χ1v) is 6.53. The van der Waals surface area contributed by atoms with Gasteiger partial charge >= 0.3 is 0 Å². The molecule has 2 N–H and O–H groups in total. The number of rotatable bonds is 2. The molecule has 0 aromatic carbocycles. The van der Waals surface area contributed by atoms with Crippen LogP contribution in [0.5, 0.6) is 0 Å². The Labute approximate surface area is 101 Å². The number of hydrogen-bond donors (Lipinski definition) is 1. The minimum atomic E-state index is -4.07. The predicted octanol–water partition coefficient (Wildman–Crippen LogP) is 2.19. The van der Waals surface area contributed by atoms with Crippen molar-refractivity contribution in [2.75, 3.05) is 0 Å². The maximum Gasteiger partial charge on any atom is 0.266 e. The lowest BCUT2D eigenvalue weighted by atomic mass is 10.3. The summed E-state index contributed by atoms with van der Waals surface area (Å²) in [4.78, 5) is 3.08. The lowest BCUT2D eigenvalue weighted by molar-refractivity contribution is 0.149. The Balaban J connectivity index is 3.50. The molecule has 0 radical (unpaired) electrons. The second-order valence-corrected chi connectivity index (χ2v) is 5.54. The molecule has 0 unspecified atom stereocenters. The van der Waals surface area contributed by atoms with Crippen molar-refractivity contribution in [2.24, 2.45) is 5.14 Å². The van der Waals surface area contributed by atoms with Gasteiger partial charge in [0.05, 0.1) is 5.56 Å². The molecule has 9 heteroatoms. The van der Waals surface area contributed by atoms with E-state index in [0.717, 1.165) is 6.07 Å². The van der Waals surface area contributed by atoms with Gasteiger partial charge in [0.1, 0.15) is 14.1 Å². The van der Waals surface area contributed by atoms with Crippen molar-refractivity contribution in [1.29, 1.82) is 0 Å². The molecular weight excluding hydrogens is 362 g/mol. The summed E-state index contributed by atoms with van der Waals surface area (Å²) < 4.78 is 46.6. The Morgan fingerprint density at radius 1 is 1.33 bits per heavy atom. The van der Waals surface area contributed by atoms with Crippen molar-refractivity contribution < 1.29 is 17.2 Å². The molecule has 1 rings (SSSR count). The molecule has 0 saturated heterocycles. The smallest absolute Gasteiger partial charge is 0.232 e. The summed E-state index contributed by atoms with van der Waals surface area (Å²) in [6.45, 7) is 0. The minimum absolute atomic E-state index is 0.110. The highest BCUT2D eigenvalue weighted by atomic mass is 79.9. The van der Waals surface area contributed by atoms with Gasteiger partial charge in [-0.2, -0.15) is 0 Å². The van der Waals surface area contributed by atoms with E-state index in [1.54, 1.807) is 0 Å². The van der Waals surface area contributed by atoms with Gasteiger partial charge in [-0.3, -0.25) is 0 Å². The molecule has 84 valence electrons. The van der Waals surface area contributed by atoms with Crippen molar-refractivity contribution in [3.8, 4) is 0 Å². The predicted molar refractivity (Wildman–Crippen MR) is 56.0 cm³/mol. The molecule has 0 aliphatic heterocycles. The molecule has 1 aromatic heterocycles. The number of aromatic nitrogens is 1. The van der Waals surface area contributed by atoms with Crippen molar-refractivity contribution in [3.63, 3.8) is 0 Å². The largest absolute Gasteiger partial charge is 0.266 e. The molecule has 0 bridgehead atoms. The summed E-state index contributed by atoms with van der Waals surface area (Å²) in [6, 6.07) is 0.779. The van der Waals surface area contributed by atoms with E-state index in [9.17, 15) is 17.2 Å². The van der Waals surface area contributed by atoms with E-state index in [0.29, 0.717) is 0 Å². The van der Waals surface area contributed by atoms with E-state index < -0.39 is 26.9 Å². The van der Waals surface area contributed by atoms with Crippen molar-refractivity contribution in [3.05, 3.63) is 20.8 Å². The zero-order valence-electron chi connectivity index (χ0n) is 6.92. The van der Waals surface area contributed by atoms with Crippen LogP contribution in [0.2, 0.25) is 0 Å². The van der Waals surface area contributed by atoms with Crippen LogP contribution >= 0.6 is 31.9 Å². The second-order valence-electron chi connectivity index (χ2n) is 2.50. The number of nitrogens with zero attached hydrogens (tertiary/aromatic N) is 1. The van der Waals surface area contributed by atoms with Crippen LogP contribution in [0, 0.1) is 0 Å². The van der Waals surface area contributed by atoms with Crippen LogP contribution in [-0.2, 0) is 10.0 Å². The molecule has 0 amide bonds. The zero-order valence-corrected chi connectivity index (χ0v) is 10.9. The first-order valence-electron chi connectivity index (χ1n) is 3.40. The van der Waals surface area contributed by atoms with E-state index in [1.807, 2.05) is 0 Å². The summed E-state index contributed by atoms with van der Waals surface area (Å²) in [7, 11) is -4.07. The Morgan fingerprint density at radius 3 is 2.27 bits per heavy atom. The van der Waals surface area contributed by atoms with Gasteiger partial charge in [-0.05, 0) is 37.9 Å². The summed E-state index contributed by atoms with van der Waals surface area (Å²) in [5.74, 6) is 0. The average molecular weight is 366 g/mol. The van der Waals surface area contributed by atoms with Gasteiger partial charge in [0.2, 0.25) is 10.0 Å². The molecule has 0 spiro atoms. The number of nitrogens with two attached hydrogens (primary N) is 1. The maximum absolute atomic E-state index is 12.4. The zero-order chi connectivity index (χ0) is 11.8. The number of hydrogen-bond acceptors (Lipinski definition) is 3. The van der Waals surface area contributed by atoms with Gasteiger partial charge in [-0.25, -0.2) is 27.3 Å². The third-order valence-electron chi connectivity index (χ3n) is 1.47. The van der Waals surface area contributed by atoms with Gasteiger partial charge in [0.15, 0.2) is 0 Å². The molecule has 0 saturated carbocycles. The molecule has 0 atom stereocenters. The number of alkyl halides is 2. The monoisotopic (exact) mass is 364 g/mol. The van der Waals surface area contributed by atoms with Crippen LogP contribution < -0.4 is 5.14 Å². The molecule has 1 heterocycles. The van der Waals surface area contributed by atoms with E-state index >= 15 is 0 Å². The molecule has 4 nitrogen and oxygen atoms in total. The average Bonchev–Trinajstić information content (AvgIpc) is 2.00. The summed E-state index contributed by atoms with van der Waals surface area (Å²) in [6.07, 6.45) is -2.83.